The average Bonchev–Trinajstić information content (AvgIpc) is 3.03. The van der Waals surface area contributed by atoms with Crippen molar-refractivity contribution in [3.8, 4) is 11.4 Å². The molecule has 0 bridgehead atoms. The molecule has 0 saturated carbocycles. The highest BCUT2D eigenvalue weighted by Crippen LogP contribution is 2.25. The molecule has 0 spiro atoms. The van der Waals surface area contributed by atoms with Crippen LogP contribution < -0.4 is 5.32 Å². The van der Waals surface area contributed by atoms with Crippen LogP contribution in [0.2, 0.25) is 0 Å². The number of nitrogens with one attached hydrogen (secondary N) is 1. The number of amides is 4. The molecule has 0 aliphatic carbocycles. The molecule has 1 aromatic heterocycles. The Balaban J connectivity index is 1.69. The van der Waals surface area contributed by atoms with Gasteiger partial charge in [-0.3, -0.25) is 19.8 Å². The van der Waals surface area contributed by atoms with Gasteiger partial charge in [-0.1, -0.05) is 30.3 Å². The molecular formula is C24H21N3O4. The first-order valence-electron chi connectivity index (χ1n) is 9.76. The number of imide groups is 2. The van der Waals surface area contributed by atoms with Crippen molar-refractivity contribution >= 4 is 23.9 Å². The first-order valence-corrected chi connectivity index (χ1v) is 9.76. The van der Waals surface area contributed by atoms with Crippen LogP contribution in [0.5, 0.6) is 5.75 Å². The number of phenols is 1. The normalized spacial score (nSPS) is 15.5. The van der Waals surface area contributed by atoms with Gasteiger partial charge in [-0.15, -0.1) is 0 Å². The number of hydrogen-bond donors (Lipinski definition) is 2. The van der Waals surface area contributed by atoms with Gasteiger partial charge in [-0.2, -0.15) is 0 Å². The molecule has 1 aliphatic heterocycles. The molecule has 7 nitrogen and oxygen atoms in total. The van der Waals surface area contributed by atoms with Crippen LogP contribution in [0.1, 0.15) is 22.5 Å². The minimum Gasteiger partial charge on any atom is -0.508 e. The molecule has 156 valence electrons. The summed E-state index contributed by atoms with van der Waals surface area (Å²) in [5, 5.41) is 11.8. The summed E-state index contributed by atoms with van der Waals surface area (Å²) < 4.78 is 1.96. The number of aromatic hydroxyl groups is 1. The predicted octanol–water partition coefficient (Wildman–Crippen LogP) is 3.46. The predicted molar refractivity (Wildman–Crippen MR) is 115 cm³/mol. The standard InChI is InChI=1S/C24H21N3O4/c1-15-12-18(16(2)27(15)19-8-10-20(28)11-9-19)13-21-22(29)25-24(31)26(23(21)30)14-17-6-4-3-5-7-17/h3-13,28H,14H2,1-2H3,(H,25,29,31)/b21-13-. The number of carbonyl (C=O) groups is 3. The van der Waals surface area contributed by atoms with E-state index in [4.69, 9.17) is 0 Å². The molecule has 0 radical (unpaired) electrons. The lowest BCUT2D eigenvalue weighted by molar-refractivity contribution is -0.130. The zero-order valence-corrected chi connectivity index (χ0v) is 17.1. The molecule has 1 saturated heterocycles. The number of urea groups is 1. The van der Waals surface area contributed by atoms with Gasteiger partial charge in [0.1, 0.15) is 11.3 Å². The zero-order chi connectivity index (χ0) is 22.1. The Kier molecular flexibility index (Phi) is 5.17. The van der Waals surface area contributed by atoms with Gasteiger partial charge < -0.3 is 9.67 Å². The van der Waals surface area contributed by atoms with Crippen LogP contribution >= 0.6 is 0 Å². The molecule has 0 atom stereocenters. The molecule has 3 aromatic rings. The Hall–Kier alpha value is -4.13. The van der Waals surface area contributed by atoms with Gasteiger partial charge in [0, 0.05) is 17.1 Å². The van der Waals surface area contributed by atoms with Crippen molar-refractivity contribution in [3.63, 3.8) is 0 Å². The fourth-order valence-electron chi connectivity index (χ4n) is 3.69. The van der Waals surface area contributed by atoms with Crippen LogP contribution in [0.25, 0.3) is 11.8 Å². The Morgan fingerprint density at radius 3 is 2.32 bits per heavy atom. The van der Waals surface area contributed by atoms with E-state index < -0.39 is 17.8 Å². The molecule has 4 amide bonds. The van der Waals surface area contributed by atoms with E-state index in [9.17, 15) is 19.5 Å². The summed E-state index contributed by atoms with van der Waals surface area (Å²) in [5.74, 6) is -1.18. The molecule has 7 heteroatoms. The fraction of sp³-hybridized carbons (Fsp3) is 0.125. The van der Waals surface area contributed by atoms with Crippen molar-refractivity contribution in [1.82, 2.24) is 14.8 Å². The van der Waals surface area contributed by atoms with Crippen LogP contribution in [-0.4, -0.2) is 32.4 Å². The molecule has 2 N–H and O–H groups in total. The maximum atomic E-state index is 13.0. The highest BCUT2D eigenvalue weighted by molar-refractivity contribution is 6.31. The van der Waals surface area contributed by atoms with Crippen molar-refractivity contribution < 1.29 is 19.5 Å². The highest BCUT2D eigenvalue weighted by Gasteiger charge is 2.35. The first-order chi connectivity index (χ1) is 14.8. The second-order valence-corrected chi connectivity index (χ2v) is 7.37. The van der Waals surface area contributed by atoms with Gasteiger partial charge in [0.15, 0.2) is 0 Å². The number of benzene rings is 2. The second-order valence-electron chi connectivity index (χ2n) is 7.37. The monoisotopic (exact) mass is 415 g/mol. The van der Waals surface area contributed by atoms with Gasteiger partial charge in [0.25, 0.3) is 11.8 Å². The molecule has 4 rings (SSSR count). The Labute approximate surface area is 179 Å². The van der Waals surface area contributed by atoms with Crippen LogP contribution in [0, 0.1) is 13.8 Å². The molecule has 1 fully saturated rings. The highest BCUT2D eigenvalue weighted by atomic mass is 16.3. The largest absolute Gasteiger partial charge is 0.508 e. The SMILES string of the molecule is Cc1cc(/C=C2/C(=O)NC(=O)N(Cc3ccccc3)C2=O)c(C)n1-c1ccc(O)cc1. The molecule has 0 unspecified atom stereocenters. The third kappa shape index (κ3) is 3.85. The lowest BCUT2D eigenvalue weighted by Gasteiger charge is -2.26. The summed E-state index contributed by atoms with van der Waals surface area (Å²) in [5.41, 5.74) is 3.95. The molecule has 1 aliphatic rings. The summed E-state index contributed by atoms with van der Waals surface area (Å²) in [7, 11) is 0. The zero-order valence-electron chi connectivity index (χ0n) is 17.1. The van der Waals surface area contributed by atoms with Gasteiger partial charge in [0.05, 0.1) is 6.54 Å². The summed E-state index contributed by atoms with van der Waals surface area (Å²) in [6.45, 7) is 3.86. The van der Waals surface area contributed by atoms with E-state index >= 15 is 0 Å². The fourth-order valence-corrected chi connectivity index (χ4v) is 3.69. The lowest BCUT2D eigenvalue weighted by Crippen LogP contribution is -2.53. The van der Waals surface area contributed by atoms with E-state index in [0.29, 0.717) is 5.56 Å². The summed E-state index contributed by atoms with van der Waals surface area (Å²) >= 11 is 0. The third-order valence-electron chi connectivity index (χ3n) is 5.25. The maximum absolute atomic E-state index is 13.0. The van der Waals surface area contributed by atoms with E-state index in [2.05, 4.69) is 5.32 Å². The van der Waals surface area contributed by atoms with Crippen molar-refractivity contribution in [2.45, 2.75) is 20.4 Å². The molecular weight excluding hydrogens is 394 g/mol. The van der Waals surface area contributed by atoms with E-state index in [1.54, 1.807) is 24.3 Å². The van der Waals surface area contributed by atoms with Crippen LogP contribution in [0.4, 0.5) is 4.79 Å². The molecule has 2 aromatic carbocycles. The van der Waals surface area contributed by atoms with Crippen LogP contribution in [0.3, 0.4) is 0 Å². The number of rotatable bonds is 4. The first kappa shape index (κ1) is 20.2. The number of barbiturate groups is 1. The number of aryl methyl sites for hydroxylation is 1. The number of nitrogens with zero attached hydrogens (tertiary/aromatic N) is 2. The minimum absolute atomic E-state index is 0.0721. The number of hydrogen-bond acceptors (Lipinski definition) is 4. The number of carbonyl (C=O) groups excluding carboxylic acids is 3. The lowest BCUT2D eigenvalue weighted by atomic mass is 10.1. The van der Waals surface area contributed by atoms with Crippen molar-refractivity contribution in [3.05, 3.63) is 88.8 Å². The topological polar surface area (TPSA) is 91.6 Å². The van der Waals surface area contributed by atoms with E-state index in [1.165, 1.54) is 6.08 Å². The van der Waals surface area contributed by atoms with Crippen molar-refractivity contribution in [1.29, 1.82) is 0 Å². The Morgan fingerprint density at radius 2 is 1.65 bits per heavy atom. The quantitative estimate of drug-likeness (QED) is 0.504. The van der Waals surface area contributed by atoms with E-state index in [-0.39, 0.29) is 17.9 Å². The summed E-state index contributed by atoms with van der Waals surface area (Å²) in [4.78, 5) is 38.8. The Morgan fingerprint density at radius 1 is 0.968 bits per heavy atom. The molecule has 2 heterocycles. The van der Waals surface area contributed by atoms with Crippen LogP contribution in [0.15, 0.2) is 66.2 Å². The molecule has 31 heavy (non-hydrogen) atoms. The number of aromatic nitrogens is 1. The average molecular weight is 415 g/mol. The smallest absolute Gasteiger partial charge is 0.331 e. The van der Waals surface area contributed by atoms with Crippen molar-refractivity contribution in [2.24, 2.45) is 0 Å². The third-order valence-corrected chi connectivity index (χ3v) is 5.25. The minimum atomic E-state index is -0.731. The van der Waals surface area contributed by atoms with E-state index in [1.807, 2.05) is 54.8 Å². The van der Waals surface area contributed by atoms with Crippen LogP contribution in [-0.2, 0) is 16.1 Å². The Bertz CT molecular complexity index is 1210. The van der Waals surface area contributed by atoms with E-state index in [0.717, 1.165) is 27.5 Å². The summed E-state index contributed by atoms with van der Waals surface area (Å²) in [6, 6.07) is 17.0. The van der Waals surface area contributed by atoms with Gasteiger partial charge in [-0.25, -0.2) is 4.79 Å². The van der Waals surface area contributed by atoms with Gasteiger partial charge in [-0.05, 0) is 61.4 Å². The van der Waals surface area contributed by atoms with Crippen molar-refractivity contribution in [2.75, 3.05) is 0 Å². The van der Waals surface area contributed by atoms with Gasteiger partial charge >= 0.3 is 6.03 Å². The second kappa shape index (κ2) is 7.95. The number of phenolic OH excluding ortho intramolecular Hbond substituents is 1. The maximum Gasteiger partial charge on any atom is 0.331 e. The van der Waals surface area contributed by atoms with Gasteiger partial charge in [0.2, 0.25) is 0 Å². The summed E-state index contributed by atoms with van der Waals surface area (Å²) in [6.07, 6.45) is 1.52.